The van der Waals surface area contributed by atoms with Crippen molar-refractivity contribution in [1.29, 1.82) is 5.26 Å². The number of nitriles is 1. The van der Waals surface area contributed by atoms with Crippen LogP contribution in [0.15, 0.2) is 0 Å². The summed E-state index contributed by atoms with van der Waals surface area (Å²) < 4.78 is 6.12. The van der Waals surface area contributed by atoms with E-state index >= 15 is 0 Å². The minimum atomic E-state index is -0.171. The Balaban J connectivity index is 1.78. The summed E-state index contributed by atoms with van der Waals surface area (Å²) >= 11 is 0. The summed E-state index contributed by atoms with van der Waals surface area (Å²) in [6, 6.07) is 2.42. The van der Waals surface area contributed by atoms with Crippen LogP contribution >= 0.6 is 0 Å². The largest absolute Gasteiger partial charge is 0.359 e. The first-order valence-corrected chi connectivity index (χ1v) is 6.99. The number of likely N-dealkylation sites (tertiary alicyclic amines) is 2. The molecule has 0 aromatic rings. The van der Waals surface area contributed by atoms with Crippen molar-refractivity contribution in [3.63, 3.8) is 0 Å². The van der Waals surface area contributed by atoms with Crippen molar-refractivity contribution in [2.75, 3.05) is 39.5 Å². The second-order valence-corrected chi connectivity index (χ2v) is 6.32. The maximum atomic E-state index is 9.12. The maximum Gasteiger partial charge on any atom is 0.0998 e. The van der Waals surface area contributed by atoms with Gasteiger partial charge in [-0.3, -0.25) is 4.90 Å². The van der Waals surface area contributed by atoms with Gasteiger partial charge in [0.1, 0.15) is 0 Å². The topological polar surface area (TPSA) is 39.5 Å². The molecule has 0 saturated carbocycles. The highest BCUT2D eigenvalue weighted by Gasteiger charge is 2.37. The second kappa shape index (κ2) is 5.16. The number of hydrogen-bond donors (Lipinski definition) is 0. The Labute approximate surface area is 110 Å². The fraction of sp³-hybridized carbons (Fsp3) is 0.929. The molecule has 2 aliphatic rings. The number of ether oxygens (including phenoxy) is 1. The molecule has 2 saturated heterocycles. The molecule has 2 atom stereocenters. The van der Waals surface area contributed by atoms with Gasteiger partial charge in [0.05, 0.1) is 23.8 Å². The van der Waals surface area contributed by atoms with E-state index in [1.807, 2.05) is 6.92 Å². The monoisotopic (exact) mass is 251 g/mol. The average molecular weight is 251 g/mol. The van der Waals surface area contributed by atoms with Crippen molar-refractivity contribution >= 4 is 0 Å². The van der Waals surface area contributed by atoms with Crippen LogP contribution in [-0.2, 0) is 4.74 Å². The van der Waals surface area contributed by atoms with Crippen LogP contribution < -0.4 is 0 Å². The fourth-order valence-corrected chi connectivity index (χ4v) is 2.92. The van der Waals surface area contributed by atoms with Gasteiger partial charge in [-0.1, -0.05) is 6.92 Å². The Morgan fingerprint density at radius 3 is 2.44 bits per heavy atom. The molecule has 0 aromatic heterocycles. The van der Waals surface area contributed by atoms with Gasteiger partial charge in [0.25, 0.3) is 0 Å². The Morgan fingerprint density at radius 2 is 1.89 bits per heavy atom. The van der Waals surface area contributed by atoms with Crippen LogP contribution in [0.5, 0.6) is 0 Å². The van der Waals surface area contributed by atoms with Crippen LogP contribution in [-0.4, -0.2) is 54.9 Å². The number of nitrogens with zero attached hydrogens (tertiary/aromatic N) is 3. The lowest BCUT2D eigenvalue weighted by molar-refractivity contribution is -0.0727. The molecular weight excluding hydrogens is 226 g/mol. The van der Waals surface area contributed by atoms with Crippen LogP contribution in [0.1, 0.15) is 33.6 Å². The van der Waals surface area contributed by atoms with Gasteiger partial charge < -0.3 is 9.64 Å². The minimum Gasteiger partial charge on any atom is -0.359 e. The summed E-state index contributed by atoms with van der Waals surface area (Å²) in [5.41, 5.74) is -0.170. The predicted molar refractivity (Wildman–Crippen MR) is 71.0 cm³/mol. The van der Waals surface area contributed by atoms with E-state index in [0.717, 1.165) is 45.6 Å². The summed E-state index contributed by atoms with van der Waals surface area (Å²) in [5.74, 6) is 0. The molecular formula is C14H25N3O. The lowest BCUT2D eigenvalue weighted by Crippen LogP contribution is -2.38. The molecule has 4 heteroatoms. The van der Waals surface area contributed by atoms with Crippen molar-refractivity contribution in [1.82, 2.24) is 9.80 Å². The van der Waals surface area contributed by atoms with Gasteiger partial charge in [-0.2, -0.15) is 5.26 Å². The Kier molecular flexibility index (Phi) is 3.96. The summed E-state index contributed by atoms with van der Waals surface area (Å²) in [4.78, 5) is 4.70. The van der Waals surface area contributed by atoms with Gasteiger partial charge in [0.2, 0.25) is 0 Å². The SMILES string of the molecule is CCN1CCC(C)(OCN2CCC(C)(C#N)C2)C1. The highest BCUT2D eigenvalue weighted by atomic mass is 16.5. The smallest absolute Gasteiger partial charge is 0.0998 e. The summed E-state index contributed by atoms with van der Waals surface area (Å²) in [6.45, 7) is 12.2. The molecule has 2 aliphatic heterocycles. The zero-order chi connectivity index (χ0) is 13.2. The number of rotatable bonds is 4. The van der Waals surface area contributed by atoms with Crippen LogP contribution in [0.4, 0.5) is 0 Å². The molecule has 102 valence electrons. The minimum absolute atomic E-state index is 0.00163. The van der Waals surface area contributed by atoms with Crippen molar-refractivity contribution < 1.29 is 4.74 Å². The molecule has 2 heterocycles. The van der Waals surface area contributed by atoms with Crippen LogP contribution in [0.3, 0.4) is 0 Å². The van der Waals surface area contributed by atoms with Gasteiger partial charge in [-0.05, 0) is 33.2 Å². The first-order chi connectivity index (χ1) is 8.49. The van der Waals surface area contributed by atoms with E-state index in [-0.39, 0.29) is 11.0 Å². The van der Waals surface area contributed by atoms with Crippen LogP contribution in [0, 0.1) is 16.7 Å². The molecule has 18 heavy (non-hydrogen) atoms. The van der Waals surface area contributed by atoms with E-state index in [9.17, 15) is 0 Å². The third kappa shape index (κ3) is 3.03. The maximum absolute atomic E-state index is 9.12. The predicted octanol–water partition coefficient (Wildman–Crippen LogP) is 1.68. The van der Waals surface area contributed by atoms with Crippen molar-refractivity contribution in [2.24, 2.45) is 5.41 Å². The summed E-state index contributed by atoms with van der Waals surface area (Å²) in [5, 5.41) is 9.12. The summed E-state index contributed by atoms with van der Waals surface area (Å²) in [6.07, 6.45) is 2.08. The van der Waals surface area contributed by atoms with Gasteiger partial charge >= 0.3 is 0 Å². The first kappa shape index (κ1) is 13.8. The molecule has 2 rings (SSSR count). The average Bonchev–Trinajstić information content (AvgIpc) is 2.92. The Bertz CT molecular complexity index is 340. The van der Waals surface area contributed by atoms with E-state index in [1.54, 1.807) is 0 Å². The van der Waals surface area contributed by atoms with Gasteiger partial charge in [0.15, 0.2) is 0 Å². The van der Waals surface area contributed by atoms with E-state index < -0.39 is 0 Å². The third-order valence-corrected chi connectivity index (χ3v) is 4.38. The molecule has 2 unspecified atom stereocenters. The van der Waals surface area contributed by atoms with Crippen molar-refractivity contribution in [3.8, 4) is 6.07 Å². The van der Waals surface area contributed by atoms with E-state index in [4.69, 9.17) is 10.00 Å². The molecule has 4 nitrogen and oxygen atoms in total. The van der Waals surface area contributed by atoms with E-state index in [1.165, 1.54) is 0 Å². The van der Waals surface area contributed by atoms with Crippen molar-refractivity contribution in [2.45, 2.75) is 39.2 Å². The fourth-order valence-electron chi connectivity index (χ4n) is 2.92. The van der Waals surface area contributed by atoms with Gasteiger partial charge in [0, 0.05) is 26.2 Å². The standard InChI is InChI=1S/C14H25N3O/c1-4-16-8-6-14(3,11-16)18-12-17-7-5-13(2,9-15)10-17/h4-8,10-12H2,1-3H3. The molecule has 2 fully saturated rings. The zero-order valence-electron chi connectivity index (χ0n) is 11.9. The molecule has 0 N–H and O–H groups in total. The third-order valence-electron chi connectivity index (χ3n) is 4.38. The van der Waals surface area contributed by atoms with Gasteiger partial charge in [-0.25, -0.2) is 0 Å². The molecule has 0 aliphatic carbocycles. The molecule has 0 bridgehead atoms. The highest BCUT2D eigenvalue weighted by Crippen LogP contribution is 2.30. The van der Waals surface area contributed by atoms with Gasteiger partial charge in [-0.15, -0.1) is 0 Å². The molecule has 0 spiro atoms. The second-order valence-electron chi connectivity index (χ2n) is 6.32. The molecule has 0 radical (unpaired) electrons. The quantitative estimate of drug-likeness (QED) is 0.762. The zero-order valence-corrected chi connectivity index (χ0v) is 11.9. The van der Waals surface area contributed by atoms with E-state index in [0.29, 0.717) is 6.73 Å². The highest BCUT2D eigenvalue weighted by molar-refractivity contribution is 5.01. The van der Waals surface area contributed by atoms with Crippen LogP contribution in [0.2, 0.25) is 0 Å². The first-order valence-electron chi connectivity index (χ1n) is 6.99. The van der Waals surface area contributed by atoms with E-state index in [2.05, 4.69) is 29.7 Å². The molecule has 0 aromatic carbocycles. The lowest BCUT2D eigenvalue weighted by Gasteiger charge is -2.28. The number of likely N-dealkylation sites (N-methyl/N-ethyl adjacent to an activating group) is 1. The lowest BCUT2D eigenvalue weighted by atomic mass is 9.92. The Morgan fingerprint density at radius 1 is 1.17 bits per heavy atom. The van der Waals surface area contributed by atoms with Crippen LogP contribution in [0.25, 0.3) is 0 Å². The number of hydrogen-bond acceptors (Lipinski definition) is 4. The Hall–Kier alpha value is -0.630. The molecule has 0 amide bonds. The van der Waals surface area contributed by atoms with Crippen molar-refractivity contribution in [3.05, 3.63) is 0 Å². The summed E-state index contributed by atoms with van der Waals surface area (Å²) in [7, 11) is 0. The normalized spacial score (nSPS) is 38.1.